The topological polar surface area (TPSA) is 47.6 Å². The lowest BCUT2D eigenvalue weighted by Gasteiger charge is -2.32. The van der Waals surface area contributed by atoms with Crippen LogP contribution in [0.1, 0.15) is 45.4 Å². The fourth-order valence-electron chi connectivity index (χ4n) is 3.03. The molecular formula is C14H25NO3. The van der Waals surface area contributed by atoms with E-state index in [1.165, 1.54) is 0 Å². The molecule has 1 heterocycles. The number of esters is 1. The number of methoxy groups -OCH3 is 1. The normalized spacial score (nSPS) is 37.2. The van der Waals surface area contributed by atoms with Gasteiger partial charge in [-0.15, -0.1) is 0 Å². The molecule has 0 aromatic heterocycles. The maximum Gasteiger partial charge on any atom is 0.323 e. The third-order valence-electron chi connectivity index (χ3n) is 4.22. The number of hydrogen-bond acceptors (Lipinski definition) is 4. The molecule has 1 saturated heterocycles. The van der Waals surface area contributed by atoms with Gasteiger partial charge in [-0.3, -0.25) is 4.79 Å². The Balaban J connectivity index is 1.82. The number of ether oxygens (including phenoxy) is 2. The van der Waals surface area contributed by atoms with Gasteiger partial charge in [-0.2, -0.15) is 0 Å². The molecule has 0 bridgehead atoms. The Kier molecular flexibility index (Phi) is 5.01. The van der Waals surface area contributed by atoms with E-state index >= 15 is 0 Å². The fourth-order valence-corrected chi connectivity index (χ4v) is 3.03. The minimum Gasteiger partial charge on any atom is -0.461 e. The second kappa shape index (κ2) is 6.53. The summed E-state index contributed by atoms with van der Waals surface area (Å²) in [5.41, 5.74) is 0. The van der Waals surface area contributed by atoms with Gasteiger partial charge in [-0.1, -0.05) is 6.92 Å². The molecule has 4 atom stereocenters. The molecule has 4 heteroatoms. The predicted molar refractivity (Wildman–Crippen MR) is 69.3 cm³/mol. The van der Waals surface area contributed by atoms with Gasteiger partial charge in [-0.25, -0.2) is 0 Å². The largest absolute Gasteiger partial charge is 0.461 e. The first-order valence-electron chi connectivity index (χ1n) is 7.17. The molecule has 0 amide bonds. The Morgan fingerprint density at radius 1 is 1.17 bits per heavy atom. The molecule has 1 saturated carbocycles. The van der Waals surface area contributed by atoms with Crippen LogP contribution in [0, 0.1) is 5.92 Å². The van der Waals surface area contributed by atoms with Crippen LogP contribution >= 0.6 is 0 Å². The molecule has 1 aliphatic carbocycles. The van der Waals surface area contributed by atoms with Crippen LogP contribution in [0.4, 0.5) is 0 Å². The van der Waals surface area contributed by atoms with Crippen molar-refractivity contribution in [3.8, 4) is 0 Å². The maximum absolute atomic E-state index is 12.1. The second-order valence-corrected chi connectivity index (χ2v) is 5.63. The van der Waals surface area contributed by atoms with Crippen LogP contribution in [0.25, 0.3) is 0 Å². The quantitative estimate of drug-likeness (QED) is 0.782. The zero-order chi connectivity index (χ0) is 13.0. The molecule has 0 aromatic rings. The van der Waals surface area contributed by atoms with Crippen molar-refractivity contribution in [3.63, 3.8) is 0 Å². The summed E-state index contributed by atoms with van der Waals surface area (Å²) in [6.45, 7) is 3.05. The third-order valence-corrected chi connectivity index (χ3v) is 4.22. The van der Waals surface area contributed by atoms with Gasteiger partial charge < -0.3 is 14.8 Å². The van der Waals surface area contributed by atoms with E-state index in [-0.39, 0.29) is 24.2 Å². The molecule has 0 radical (unpaired) electrons. The number of nitrogens with one attached hydrogen (secondary N) is 1. The number of piperidine rings is 1. The lowest BCUT2D eigenvalue weighted by Crippen LogP contribution is -2.48. The van der Waals surface area contributed by atoms with Crippen molar-refractivity contribution < 1.29 is 14.3 Å². The summed E-state index contributed by atoms with van der Waals surface area (Å²) in [5, 5.41) is 3.28. The van der Waals surface area contributed by atoms with Crippen LogP contribution < -0.4 is 5.32 Å². The van der Waals surface area contributed by atoms with E-state index < -0.39 is 0 Å². The predicted octanol–water partition coefficient (Wildman–Crippen LogP) is 1.88. The first-order valence-corrected chi connectivity index (χ1v) is 7.17. The monoisotopic (exact) mass is 255 g/mol. The van der Waals surface area contributed by atoms with Crippen LogP contribution in [-0.4, -0.2) is 37.9 Å². The highest BCUT2D eigenvalue weighted by Gasteiger charge is 2.32. The van der Waals surface area contributed by atoms with Crippen molar-refractivity contribution in [1.82, 2.24) is 5.32 Å². The van der Waals surface area contributed by atoms with Gasteiger partial charge in [0.25, 0.3) is 0 Å². The van der Waals surface area contributed by atoms with Gasteiger partial charge in [0.15, 0.2) is 0 Å². The molecule has 4 unspecified atom stereocenters. The Hall–Kier alpha value is -0.610. The van der Waals surface area contributed by atoms with Crippen LogP contribution in [0.15, 0.2) is 0 Å². The van der Waals surface area contributed by atoms with Gasteiger partial charge in [0.1, 0.15) is 12.1 Å². The average Bonchev–Trinajstić information content (AvgIpc) is 2.39. The van der Waals surface area contributed by atoms with Crippen molar-refractivity contribution in [2.45, 2.75) is 63.7 Å². The van der Waals surface area contributed by atoms with Crippen molar-refractivity contribution in [1.29, 1.82) is 0 Å². The van der Waals surface area contributed by atoms with E-state index in [1.807, 2.05) is 0 Å². The van der Waals surface area contributed by atoms with E-state index in [2.05, 4.69) is 12.2 Å². The van der Waals surface area contributed by atoms with E-state index in [0.29, 0.717) is 5.92 Å². The lowest BCUT2D eigenvalue weighted by molar-refractivity contribution is -0.157. The van der Waals surface area contributed by atoms with Gasteiger partial charge in [0, 0.05) is 13.5 Å². The number of carbonyl (C=O) groups excluding carboxylic acids is 1. The summed E-state index contributed by atoms with van der Waals surface area (Å²) in [7, 11) is 1.74. The zero-order valence-electron chi connectivity index (χ0n) is 11.5. The molecule has 0 aromatic carbocycles. The molecule has 0 spiro atoms. The van der Waals surface area contributed by atoms with Gasteiger partial charge in [0.2, 0.25) is 0 Å². The summed E-state index contributed by atoms with van der Waals surface area (Å²) in [6, 6.07) is -0.110. The van der Waals surface area contributed by atoms with E-state index in [0.717, 1.165) is 45.1 Å². The third kappa shape index (κ3) is 3.45. The summed E-state index contributed by atoms with van der Waals surface area (Å²) in [5.74, 6) is 0.317. The molecule has 1 N–H and O–H groups in total. The minimum atomic E-state index is -0.110. The average molecular weight is 255 g/mol. The Bertz CT molecular complexity index is 282. The maximum atomic E-state index is 12.1. The van der Waals surface area contributed by atoms with Crippen LogP contribution in [0.3, 0.4) is 0 Å². The highest BCUT2D eigenvalue weighted by atomic mass is 16.5. The number of rotatable bonds is 3. The van der Waals surface area contributed by atoms with E-state index in [1.54, 1.807) is 7.11 Å². The first-order chi connectivity index (χ1) is 8.70. The Morgan fingerprint density at radius 2 is 1.94 bits per heavy atom. The molecule has 18 heavy (non-hydrogen) atoms. The summed E-state index contributed by atoms with van der Waals surface area (Å²) >= 11 is 0. The van der Waals surface area contributed by atoms with Crippen molar-refractivity contribution >= 4 is 5.97 Å². The van der Waals surface area contributed by atoms with Crippen LogP contribution in [0.5, 0.6) is 0 Å². The van der Waals surface area contributed by atoms with Crippen molar-refractivity contribution in [3.05, 3.63) is 0 Å². The van der Waals surface area contributed by atoms with Gasteiger partial charge >= 0.3 is 5.97 Å². The smallest absolute Gasteiger partial charge is 0.323 e. The second-order valence-electron chi connectivity index (χ2n) is 5.63. The van der Waals surface area contributed by atoms with Gasteiger partial charge in [-0.05, 0) is 44.6 Å². The summed E-state index contributed by atoms with van der Waals surface area (Å²) in [6.07, 6.45) is 6.57. The van der Waals surface area contributed by atoms with Crippen molar-refractivity contribution in [2.24, 2.45) is 5.92 Å². The molecular weight excluding hydrogens is 230 g/mol. The Morgan fingerprint density at radius 3 is 2.67 bits per heavy atom. The molecule has 1 aliphatic heterocycles. The minimum absolute atomic E-state index is 0.0483. The Labute approximate surface area is 109 Å². The molecule has 4 nitrogen and oxygen atoms in total. The van der Waals surface area contributed by atoms with E-state index in [9.17, 15) is 4.79 Å². The highest BCUT2D eigenvalue weighted by Crippen LogP contribution is 2.25. The lowest BCUT2D eigenvalue weighted by atomic mass is 9.92. The summed E-state index contributed by atoms with van der Waals surface area (Å²) < 4.78 is 11.0. The molecule has 2 aliphatic rings. The molecule has 104 valence electrons. The fraction of sp³-hybridized carbons (Fsp3) is 0.929. The first kappa shape index (κ1) is 13.8. The zero-order valence-corrected chi connectivity index (χ0v) is 11.5. The van der Waals surface area contributed by atoms with Gasteiger partial charge in [0.05, 0.1) is 6.10 Å². The van der Waals surface area contributed by atoms with Crippen molar-refractivity contribution in [2.75, 3.05) is 13.7 Å². The van der Waals surface area contributed by atoms with Crippen LogP contribution in [-0.2, 0) is 14.3 Å². The standard InChI is InChI=1S/C14H25NO3/c1-10-5-4-8-15-13(10)14(16)18-12-7-3-6-11(9-12)17-2/h10-13,15H,3-9H2,1-2H3. The number of hydrogen-bond donors (Lipinski definition) is 1. The highest BCUT2D eigenvalue weighted by molar-refractivity contribution is 5.76. The summed E-state index contributed by atoms with van der Waals surface area (Å²) in [4.78, 5) is 12.1. The molecule has 2 rings (SSSR count). The number of carbonyl (C=O) groups is 1. The van der Waals surface area contributed by atoms with Crippen LogP contribution in [0.2, 0.25) is 0 Å². The van der Waals surface area contributed by atoms with E-state index in [4.69, 9.17) is 9.47 Å². The SMILES string of the molecule is COC1CCCC(OC(=O)C2NCCCC2C)C1. The molecule has 2 fully saturated rings.